The Morgan fingerprint density at radius 1 is 0.375 bits per heavy atom. The molecule has 0 aromatic heterocycles. The first-order valence-electron chi connectivity index (χ1n) is 22.7. The highest BCUT2D eigenvalue weighted by Crippen LogP contribution is 2.50. The lowest BCUT2D eigenvalue weighted by Gasteiger charge is -2.25. The fourth-order valence-corrected chi connectivity index (χ4v) is 6.51. The van der Waals surface area contributed by atoms with Crippen molar-refractivity contribution in [3.05, 3.63) is 181 Å². The number of rotatable bonds is 5. The summed E-state index contributed by atoms with van der Waals surface area (Å²) < 4.78 is 125. The lowest BCUT2D eigenvalue weighted by atomic mass is 9.79. The number of fused-ring (bicyclic) bond motifs is 2. The molecule has 0 radical (unpaired) electrons. The molecule has 0 heterocycles. The zero-order chi connectivity index (χ0) is 44.8. The molecule has 0 saturated carbocycles. The molecule has 0 saturated heterocycles. The van der Waals surface area contributed by atoms with Crippen LogP contribution in [0.4, 0.5) is 0 Å². The summed E-state index contributed by atoms with van der Waals surface area (Å²) in [5.41, 5.74) is 3.39. The molecule has 0 aliphatic heterocycles. The molecule has 0 fully saturated rings. The van der Waals surface area contributed by atoms with Gasteiger partial charge in [-0.05, 0) is 88.2 Å². The van der Waals surface area contributed by atoms with Crippen molar-refractivity contribution in [3.63, 3.8) is 0 Å². The molecule has 0 amide bonds. The average molecular weight is 629 g/mol. The number of benzene rings is 8. The Hall–Kier alpha value is -5.72. The molecular formula is C48H38. The molecule has 0 atom stereocenters. The summed E-state index contributed by atoms with van der Waals surface area (Å²) >= 11 is 0. The fourth-order valence-electron chi connectivity index (χ4n) is 6.51. The van der Waals surface area contributed by atoms with E-state index in [1.807, 2.05) is 48.5 Å². The van der Waals surface area contributed by atoms with Crippen molar-refractivity contribution in [2.24, 2.45) is 0 Å². The summed E-state index contributed by atoms with van der Waals surface area (Å²) in [4.78, 5) is 0. The first-order valence-corrected chi connectivity index (χ1v) is 15.7. The minimum Gasteiger partial charge on any atom is -0.0622 e. The third kappa shape index (κ3) is 5.20. The van der Waals surface area contributed by atoms with Crippen LogP contribution in [-0.2, 0) is 5.41 Å². The van der Waals surface area contributed by atoms with Gasteiger partial charge < -0.3 is 0 Å². The first kappa shape index (κ1) is 18.0. The van der Waals surface area contributed by atoms with Crippen LogP contribution in [0.1, 0.15) is 45.5 Å². The molecule has 0 unspecified atom stereocenters. The van der Waals surface area contributed by atoms with Gasteiger partial charge in [-0.3, -0.25) is 0 Å². The highest BCUT2D eigenvalue weighted by Gasteiger charge is 2.24. The van der Waals surface area contributed by atoms with Crippen LogP contribution in [0.2, 0.25) is 0 Å². The van der Waals surface area contributed by atoms with E-state index in [1.54, 1.807) is 18.2 Å². The molecular weight excluding hydrogens is 577 g/mol. The molecule has 8 aromatic rings. The van der Waals surface area contributed by atoms with Crippen molar-refractivity contribution in [3.8, 4) is 55.6 Å². The monoisotopic (exact) mass is 628 g/mol. The van der Waals surface area contributed by atoms with Crippen LogP contribution in [0.5, 0.6) is 0 Å². The first-order chi connectivity index (χ1) is 29.3. The van der Waals surface area contributed by atoms with Gasteiger partial charge in [0.25, 0.3) is 0 Å². The van der Waals surface area contributed by atoms with E-state index in [1.165, 1.54) is 18.2 Å². The van der Waals surface area contributed by atoms with E-state index in [-0.39, 0.29) is 55.6 Å². The van der Waals surface area contributed by atoms with E-state index in [4.69, 9.17) is 16.4 Å². The molecule has 48 heavy (non-hydrogen) atoms. The Kier molecular flexibility index (Phi) is 4.55. The van der Waals surface area contributed by atoms with Crippen LogP contribution < -0.4 is 0 Å². The van der Waals surface area contributed by atoms with E-state index < -0.39 is 78.6 Å². The second kappa shape index (κ2) is 12.1. The van der Waals surface area contributed by atoms with Crippen LogP contribution in [0, 0.1) is 0 Å². The SMILES string of the molecule is [2H]c1c([2H])c([2H])c(-c2cccc(-c3c([2H])c([2H])c([2H])c([2H])c3[2H])c2-c2c3ccccc3c(-c3ccc(C(C)(C)C)cc3-c3ccccc3)c3c([2H])c([2H])c([2H])c([2H])c23)c([2H])c1[2H]. The highest BCUT2D eigenvalue weighted by atomic mass is 14.3. The quantitative estimate of drug-likeness (QED) is 0.166. The predicted molar refractivity (Wildman–Crippen MR) is 207 cm³/mol. The summed E-state index contributed by atoms with van der Waals surface area (Å²) in [6.07, 6.45) is 0. The molecule has 0 nitrogen and oxygen atoms in total. The second-order valence-electron chi connectivity index (χ2n) is 12.7. The van der Waals surface area contributed by atoms with Gasteiger partial charge in [0, 0.05) is 0 Å². The Morgan fingerprint density at radius 2 is 0.896 bits per heavy atom. The Morgan fingerprint density at radius 3 is 1.48 bits per heavy atom. The Balaban J connectivity index is 1.69. The van der Waals surface area contributed by atoms with Crippen molar-refractivity contribution in [2.45, 2.75) is 26.2 Å². The summed E-state index contributed by atoms with van der Waals surface area (Å²) in [5.74, 6) is 0. The molecule has 0 bridgehead atoms. The molecule has 0 heteroatoms. The molecule has 0 N–H and O–H groups in total. The van der Waals surface area contributed by atoms with Crippen molar-refractivity contribution in [1.82, 2.24) is 0 Å². The largest absolute Gasteiger partial charge is 0.0629 e. The smallest absolute Gasteiger partial charge is 0.0622 e. The zero-order valence-corrected chi connectivity index (χ0v) is 26.7. The maximum atomic E-state index is 9.69. The minimum atomic E-state index is -0.631. The molecule has 0 aliphatic rings. The molecule has 0 spiro atoms. The summed E-state index contributed by atoms with van der Waals surface area (Å²) in [6.45, 7) is 6.31. The maximum absolute atomic E-state index is 9.69. The van der Waals surface area contributed by atoms with Crippen molar-refractivity contribution in [2.75, 3.05) is 0 Å². The maximum Gasteiger partial charge on any atom is 0.0629 e. The van der Waals surface area contributed by atoms with Gasteiger partial charge in [-0.1, -0.05) is 196 Å². The standard InChI is InChI=1S/C48H38/c1-48(2,3)36-30-31-43(44(32-36)35-22-11-6-12-23-35)45-39-24-13-15-26-41(39)47(42-27-16-14-25-40(42)45)46-37(33-18-7-4-8-19-33)28-17-29-38(46)34-20-9-5-10-21-34/h4-32H,1-3H3/i4D,5D,7D,8D,9D,10D,13D,15D,18D,19D,20D,21D,24D,26D. The lowest BCUT2D eigenvalue weighted by molar-refractivity contribution is 0.590. The predicted octanol–water partition coefficient (Wildman–Crippen LogP) is 13.6. The topological polar surface area (TPSA) is 0 Å². The van der Waals surface area contributed by atoms with E-state index in [9.17, 15) is 2.74 Å². The normalized spacial score (nSPS) is 15.7. The van der Waals surface area contributed by atoms with Gasteiger partial charge in [0.1, 0.15) is 0 Å². The summed E-state index contributed by atoms with van der Waals surface area (Å²) in [5, 5.41) is 1.14. The molecule has 8 aromatic carbocycles. The third-order valence-electron chi connectivity index (χ3n) is 8.75. The minimum absolute atomic E-state index is 0.0250. The van der Waals surface area contributed by atoms with E-state index in [0.29, 0.717) is 21.9 Å². The zero-order valence-electron chi connectivity index (χ0n) is 40.7. The van der Waals surface area contributed by atoms with Crippen LogP contribution in [0.3, 0.4) is 0 Å². The molecule has 230 valence electrons. The van der Waals surface area contributed by atoms with E-state index in [2.05, 4.69) is 26.8 Å². The molecule has 0 aliphatic carbocycles. The second-order valence-corrected chi connectivity index (χ2v) is 12.7. The third-order valence-corrected chi connectivity index (χ3v) is 8.75. The van der Waals surface area contributed by atoms with Gasteiger partial charge in [0.15, 0.2) is 0 Å². The van der Waals surface area contributed by atoms with Crippen LogP contribution in [0.25, 0.3) is 77.2 Å². The average Bonchev–Trinajstić information content (AvgIpc) is 3.26. The van der Waals surface area contributed by atoms with E-state index >= 15 is 0 Å². The fraction of sp³-hybridized carbons (Fsp3) is 0.0833. The van der Waals surface area contributed by atoms with Gasteiger partial charge in [-0.25, -0.2) is 0 Å². The lowest BCUT2D eigenvalue weighted by Crippen LogP contribution is -2.11. The van der Waals surface area contributed by atoms with Crippen molar-refractivity contribution in [1.29, 1.82) is 0 Å². The highest BCUT2D eigenvalue weighted by molar-refractivity contribution is 6.24. The van der Waals surface area contributed by atoms with Gasteiger partial charge in [0.05, 0.1) is 19.2 Å². The van der Waals surface area contributed by atoms with Gasteiger partial charge >= 0.3 is 0 Å². The van der Waals surface area contributed by atoms with Crippen LogP contribution in [0.15, 0.2) is 176 Å². The van der Waals surface area contributed by atoms with Crippen LogP contribution in [-0.4, -0.2) is 0 Å². The molecule has 8 rings (SSSR count). The Bertz CT molecular complexity index is 3060. The Labute approximate surface area is 303 Å². The number of hydrogen-bond donors (Lipinski definition) is 0. The van der Waals surface area contributed by atoms with Gasteiger partial charge in [-0.15, -0.1) is 0 Å². The van der Waals surface area contributed by atoms with Gasteiger partial charge in [0.2, 0.25) is 0 Å². The van der Waals surface area contributed by atoms with E-state index in [0.717, 1.165) is 16.7 Å². The summed E-state index contributed by atoms with van der Waals surface area (Å²) in [7, 11) is 0. The van der Waals surface area contributed by atoms with Crippen molar-refractivity contribution < 1.29 is 19.2 Å². The summed E-state index contributed by atoms with van der Waals surface area (Å²) in [6, 6.07) is 19.6. The number of hydrogen-bond acceptors (Lipinski definition) is 0. The van der Waals surface area contributed by atoms with Crippen molar-refractivity contribution >= 4 is 21.5 Å². The van der Waals surface area contributed by atoms with Gasteiger partial charge in [-0.2, -0.15) is 0 Å². The van der Waals surface area contributed by atoms with Crippen LogP contribution >= 0.6 is 0 Å².